The summed E-state index contributed by atoms with van der Waals surface area (Å²) in [6, 6.07) is 11.2. The summed E-state index contributed by atoms with van der Waals surface area (Å²) < 4.78 is 0. The molecule has 3 rings (SSSR count). The van der Waals surface area contributed by atoms with Gasteiger partial charge in [-0.2, -0.15) is 20.4 Å². The Morgan fingerprint density at radius 3 is 1.47 bits per heavy atom. The van der Waals surface area contributed by atoms with Crippen LogP contribution in [0.25, 0.3) is 12.2 Å². The van der Waals surface area contributed by atoms with Crippen LogP contribution in [0.3, 0.4) is 0 Å². The lowest BCUT2D eigenvalue weighted by atomic mass is 10.1. The Morgan fingerprint density at radius 2 is 1.15 bits per heavy atom. The van der Waals surface area contributed by atoms with Crippen molar-refractivity contribution in [3.05, 3.63) is 81.4 Å². The first-order valence-corrected chi connectivity index (χ1v) is 10.5. The van der Waals surface area contributed by atoms with Gasteiger partial charge < -0.3 is 0 Å². The Morgan fingerprint density at radius 1 is 0.765 bits per heavy atom. The molecule has 3 aromatic rings. The lowest BCUT2D eigenvalue weighted by molar-refractivity contribution is 0.0942. The van der Waals surface area contributed by atoms with Gasteiger partial charge in [-0.15, -0.1) is 0 Å². The normalized spacial score (nSPS) is 12.5. The van der Waals surface area contributed by atoms with Crippen LogP contribution in [0.2, 0.25) is 0 Å². The van der Waals surface area contributed by atoms with Gasteiger partial charge in [0.2, 0.25) is 0 Å². The van der Waals surface area contributed by atoms with Crippen LogP contribution in [-0.2, 0) is 0 Å². The molecule has 174 valence electrons. The van der Waals surface area contributed by atoms with Gasteiger partial charge in [-0.25, -0.2) is 10.9 Å². The molecule has 4 N–H and O–H groups in total. The average molecular weight is 459 g/mol. The van der Waals surface area contributed by atoms with Crippen LogP contribution < -0.4 is 10.9 Å². The topological polar surface area (TPSA) is 140 Å². The molecule has 0 bridgehead atoms. The van der Waals surface area contributed by atoms with Crippen LogP contribution in [0.15, 0.2) is 57.7 Å². The highest BCUT2D eigenvalue weighted by Gasteiger charge is 2.08. The van der Waals surface area contributed by atoms with E-state index in [2.05, 4.69) is 41.4 Å². The van der Waals surface area contributed by atoms with E-state index in [4.69, 9.17) is 0 Å². The number of nitrogens with zero attached hydrogens (tertiary/aromatic N) is 4. The van der Waals surface area contributed by atoms with E-state index < -0.39 is 0 Å². The summed E-state index contributed by atoms with van der Waals surface area (Å²) in [5.74, 6) is -0.751. The molecule has 0 unspecified atom stereocenters. The molecule has 0 aliphatic rings. The van der Waals surface area contributed by atoms with Crippen LogP contribution in [0.5, 0.6) is 0 Å². The lowest BCUT2D eigenvalue weighted by Gasteiger charge is -2.00. The third-order valence-corrected chi connectivity index (χ3v) is 4.47. The highest BCUT2D eigenvalue weighted by atomic mass is 16.2. The van der Waals surface area contributed by atoms with Gasteiger partial charge in [0, 0.05) is 11.4 Å². The van der Waals surface area contributed by atoms with Gasteiger partial charge in [0.25, 0.3) is 11.8 Å². The van der Waals surface area contributed by atoms with E-state index in [1.807, 2.05) is 64.1 Å². The molecule has 0 saturated carbocycles. The molecule has 0 radical (unpaired) electrons. The largest absolute Gasteiger partial charge is 0.291 e. The fraction of sp³-hybridized carbons (Fsp3) is 0.167. The van der Waals surface area contributed by atoms with Gasteiger partial charge in [-0.3, -0.25) is 19.8 Å². The minimum absolute atomic E-state index is 0.287. The predicted molar refractivity (Wildman–Crippen MR) is 132 cm³/mol. The van der Waals surface area contributed by atoms with Crippen LogP contribution in [0.4, 0.5) is 0 Å². The summed E-state index contributed by atoms with van der Waals surface area (Å²) in [6.45, 7) is 7.42. The monoisotopic (exact) mass is 458 g/mol. The minimum atomic E-state index is -0.376. The summed E-state index contributed by atoms with van der Waals surface area (Å²) in [5, 5.41) is 21.1. The number of amides is 2. The Hall–Kier alpha value is -4.60. The predicted octanol–water partition coefficient (Wildman–Crippen LogP) is 3.39. The second-order valence-electron chi connectivity index (χ2n) is 7.71. The average Bonchev–Trinajstić information content (AvgIpc) is 3.43. The molecular weight excluding hydrogens is 432 g/mol. The van der Waals surface area contributed by atoms with Crippen LogP contribution in [-0.4, -0.2) is 44.6 Å². The smallest absolute Gasteiger partial charge is 0.282 e. The molecule has 2 aromatic heterocycles. The van der Waals surface area contributed by atoms with E-state index in [9.17, 15) is 9.59 Å². The fourth-order valence-corrected chi connectivity index (χ4v) is 2.86. The van der Waals surface area contributed by atoms with Crippen molar-refractivity contribution in [2.45, 2.75) is 27.7 Å². The third-order valence-electron chi connectivity index (χ3n) is 4.47. The van der Waals surface area contributed by atoms with Crippen molar-refractivity contribution in [3.63, 3.8) is 0 Å². The van der Waals surface area contributed by atoms with Crippen molar-refractivity contribution in [3.8, 4) is 0 Å². The molecule has 34 heavy (non-hydrogen) atoms. The van der Waals surface area contributed by atoms with Gasteiger partial charge >= 0.3 is 0 Å². The standard InChI is InChI=1S/C24H26N8O2/c1-15(13-25-31-23(33)21-11-17(3)27-29-21)9-19-5-7-20(8-6-19)10-16(2)14-26-32-24(34)22-12-18(4)28-30-22/h5-14H,1-4H3,(H,27,29)(H,28,30)(H,31,33)(H,32,34)/b15-9-,16-10+,25-13?,26-14-. The quantitative estimate of drug-likeness (QED) is 0.303. The summed E-state index contributed by atoms with van der Waals surface area (Å²) in [7, 11) is 0. The van der Waals surface area contributed by atoms with Gasteiger partial charge in [-0.05, 0) is 62.1 Å². The van der Waals surface area contributed by atoms with Gasteiger partial charge in [0.15, 0.2) is 11.4 Å². The molecule has 2 amide bonds. The number of hydrogen-bond donors (Lipinski definition) is 4. The van der Waals surface area contributed by atoms with E-state index >= 15 is 0 Å². The van der Waals surface area contributed by atoms with Crippen LogP contribution in [0.1, 0.15) is 57.3 Å². The summed E-state index contributed by atoms with van der Waals surface area (Å²) in [4.78, 5) is 23.8. The van der Waals surface area contributed by atoms with Crippen molar-refractivity contribution in [2.75, 3.05) is 0 Å². The van der Waals surface area contributed by atoms with Crippen molar-refractivity contribution < 1.29 is 9.59 Å². The van der Waals surface area contributed by atoms with E-state index in [0.29, 0.717) is 0 Å². The zero-order chi connectivity index (χ0) is 24.5. The molecule has 0 aliphatic carbocycles. The Bertz CT molecular complexity index is 1180. The number of rotatable bonds is 8. The summed E-state index contributed by atoms with van der Waals surface area (Å²) in [6.07, 6.45) is 7.04. The number of hydrogen-bond acceptors (Lipinski definition) is 6. The lowest BCUT2D eigenvalue weighted by Crippen LogP contribution is -2.18. The van der Waals surface area contributed by atoms with E-state index in [1.165, 1.54) is 0 Å². The maximum Gasteiger partial charge on any atom is 0.291 e. The van der Waals surface area contributed by atoms with Crippen molar-refractivity contribution in [1.82, 2.24) is 31.2 Å². The molecule has 2 heterocycles. The number of benzene rings is 1. The van der Waals surface area contributed by atoms with E-state index in [-0.39, 0.29) is 23.2 Å². The third kappa shape index (κ3) is 7.23. The highest BCUT2D eigenvalue weighted by Crippen LogP contribution is 2.11. The second-order valence-corrected chi connectivity index (χ2v) is 7.71. The van der Waals surface area contributed by atoms with E-state index in [1.54, 1.807) is 24.6 Å². The first-order valence-electron chi connectivity index (χ1n) is 10.5. The number of carbonyl (C=O) groups excluding carboxylic acids is 2. The number of allylic oxidation sites excluding steroid dienone is 2. The molecule has 1 aromatic carbocycles. The van der Waals surface area contributed by atoms with Crippen molar-refractivity contribution >= 4 is 36.4 Å². The molecule has 0 aliphatic heterocycles. The number of nitrogens with one attached hydrogen (secondary N) is 4. The molecule has 0 spiro atoms. The number of aromatic nitrogens is 4. The Kier molecular flexibility index (Phi) is 8.01. The Labute approximate surface area is 196 Å². The molecule has 0 fully saturated rings. The SMILES string of the molecule is C/C(C=NNC(=O)c1cc(C)[nH]n1)=C/c1ccc(/C=C(C)/C=N\NC(=O)c2cc(C)[nH]n2)cc1. The zero-order valence-electron chi connectivity index (χ0n) is 19.4. The summed E-state index contributed by atoms with van der Waals surface area (Å²) >= 11 is 0. The number of carbonyl (C=O) groups is 2. The number of aryl methyl sites for hydroxylation is 2. The van der Waals surface area contributed by atoms with Crippen LogP contribution >= 0.6 is 0 Å². The molecule has 10 heteroatoms. The molecule has 0 atom stereocenters. The Balaban J connectivity index is 1.51. The first kappa shape index (κ1) is 24.1. The number of hydrazone groups is 2. The number of H-pyrrole nitrogens is 2. The van der Waals surface area contributed by atoms with Gasteiger partial charge in [-0.1, -0.05) is 36.4 Å². The molecular formula is C24H26N8O2. The zero-order valence-corrected chi connectivity index (χ0v) is 19.4. The van der Waals surface area contributed by atoms with Crippen molar-refractivity contribution in [1.29, 1.82) is 0 Å². The van der Waals surface area contributed by atoms with Gasteiger partial charge in [0.05, 0.1) is 12.4 Å². The van der Waals surface area contributed by atoms with Gasteiger partial charge in [0.1, 0.15) is 0 Å². The summed E-state index contributed by atoms with van der Waals surface area (Å²) in [5.41, 5.74) is 10.8. The van der Waals surface area contributed by atoms with Crippen LogP contribution in [0, 0.1) is 13.8 Å². The molecule has 10 nitrogen and oxygen atoms in total. The van der Waals surface area contributed by atoms with Crippen molar-refractivity contribution in [2.24, 2.45) is 10.2 Å². The fourth-order valence-electron chi connectivity index (χ4n) is 2.86. The minimum Gasteiger partial charge on any atom is -0.282 e. The second kappa shape index (κ2) is 11.3. The molecule has 0 saturated heterocycles. The maximum absolute atomic E-state index is 11.9. The maximum atomic E-state index is 11.9. The number of aromatic amines is 2. The first-order chi connectivity index (χ1) is 16.3. The van der Waals surface area contributed by atoms with E-state index in [0.717, 1.165) is 33.7 Å². The highest BCUT2D eigenvalue weighted by molar-refractivity contribution is 5.94.